The Bertz CT molecular complexity index is 628. The van der Waals surface area contributed by atoms with Crippen LogP contribution >= 0.6 is 0 Å². The fourth-order valence-corrected chi connectivity index (χ4v) is 2.15. The molecule has 0 unspecified atom stereocenters. The van der Waals surface area contributed by atoms with Crippen molar-refractivity contribution in [3.63, 3.8) is 0 Å². The molecule has 0 saturated heterocycles. The van der Waals surface area contributed by atoms with Crippen LogP contribution in [0.5, 0.6) is 0 Å². The van der Waals surface area contributed by atoms with Crippen molar-refractivity contribution in [2.24, 2.45) is 0 Å². The number of amides is 1. The molecular weight excluding hydrogens is 230 g/mol. The van der Waals surface area contributed by atoms with Crippen LogP contribution in [0.2, 0.25) is 0 Å². The van der Waals surface area contributed by atoms with Gasteiger partial charge in [0.1, 0.15) is 5.76 Å². The number of anilines is 1. The Kier molecular flexibility index (Phi) is 2.48. The minimum atomic E-state index is 0.0309. The Morgan fingerprint density at radius 3 is 2.94 bits per heavy atom. The van der Waals surface area contributed by atoms with Crippen LogP contribution < -0.4 is 5.32 Å². The number of furan rings is 1. The van der Waals surface area contributed by atoms with Crippen LogP contribution in [0.25, 0.3) is 0 Å². The SMILES string of the molecule is O=Cc1ccc(Cc2ccc3c(c2)CC(=O)N3)o1. The normalized spacial score (nSPS) is 13.2. The molecule has 3 rings (SSSR count). The predicted octanol–water partition coefficient (Wildman–Crippen LogP) is 2.18. The van der Waals surface area contributed by atoms with Crippen LogP contribution in [0.3, 0.4) is 0 Å². The number of hydrogen-bond acceptors (Lipinski definition) is 3. The number of aldehydes is 1. The highest BCUT2D eigenvalue weighted by molar-refractivity contribution is 5.99. The van der Waals surface area contributed by atoms with Crippen LogP contribution in [0.4, 0.5) is 5.69 Å². The highest BCUT2D eigenvalue weighted by Gasteiger charge is 2.17. The number of fused-ring (bicyclic) bond motifs is 1. The lowest BCUT2D eigenvalue weighted by Gasteiger charge is -2.02. The Morgan fingerprint density at radius 2 is 2.17 bits per heavy atom. The molecule has 0 bridgehead atoms. The summed E-state index contributed by atoms with van der Waals surface area (Å²) in [4.78, 5) is 21.8. The molecule has 1 amide bonds. The molecule has 1 aromatic carbocycles. The van der Waals surface area contributed by atoms with Gasteiger partial charge in [-0.3, -0.25) is 9.59 Å². The molecule has 1 aromatic heterocycles. The monoisotopic (exact) mass is 241 g/mol. The molecule has 0 atom stereocenters. The van der Waals surface area contributed by atoms with E-state index in [2.05, 4.69) is 5.32 Å². The van der Waals surface area contributed by atoms with Crippen molar-refractivity contribution < 1.29 is 14.0 Å². The maximum Gasteiger partial charge on any atom is 0.228 e. The van der Waals surface area contributed by atoms with Gasteiger partial charge in [0.25, 0.3) is 0 Å². The van der Waals surface area contributed by atoms with Gasteiger partial charge in [0, 0.05) is 12.1 Å². The minimum Gasteiger partial charge on any atom is -0.458 e. The molecule has 18 heavy (non-hydrogen) atoms. The molecule has 0 radical (unpaired) electrons. The number of nitrogens with one attached hydrogen (secondary N) is 1. The van der Waals surface area contributed by atoms with Crippen molar-refractivity contribution in [3.05, 3.63) is 53.0 Å². The second kappa shape index (κ2) is 4.14. The summed E-state index contributed by atoms with van der Waals surface area (Å²) in [5.74, 6) is 1.11. The summed E-state index contributed by atoms with van der Waals surface area (Å²) in [6.45, 7) is 0. The molecule has 0 spiro atoms. The second-order valence-electron chi connectivity index (χ2n) is 4.32. The van der Waals surface area contributed by atoms with E-state index in [-0.39, 0.29) is 5.91 Å². The first kappa shape index (κ1) is 10.8. The van der Waals surface area contributed by atoms with Gasteiger partial charge in [-0.1, -0.05) is 12.1 Å². The van der Waals surface area contributed by atoms with Gasteiger partial charge in [0.2, 0.25) is 5.91 Å². The molecule has 0 aliphatic carbocycles. The van der Waals surface area contributed by atoms with Gasteiger partial charge >= 0.3 is 0 Å². The topological polar surface area (TPSA) is 59.3 Å². The van der Waals surface area contributed by atoms with Gasteiger partial charge in [-0.15, -0.1) is 0 Å². The largest absolute Gasteiger partial charge is 0.458 e. The van der Waals surface area contributed by atoms with E-state index < -0.39 is 0 Å². The summed E-state index contributed by atoms with van der Waals surface area (Å²) < 4.78 is 5.33. The summed E-state index contributed by atoms with van der Waals surface area (Å²) in [7, 11) is 0. The van der Waals surface area contributed by atoms with E-state index >= 15 is 0 Å². The van der Waals surface area contributed by atoms with E-state index in [4.69, 9.17) is 4.42 Å². The average Bonchev–Trinajstić information content (AvgIpc) is 2.94. The number of carbonyl (C=O) groups excluding carboxylic acids is 2. The molecule has 0 saturated carbocycles. The highest BCUT2D eigenvalue weighted by Crippen LogP contribution is 2.25. The fraction of sp³-hybridized carbons (Fsp3) is 0.143. The van der Waals surface area contributed by atoms with Crippen LogP contribution in [0, 0.1) is 0 Å². The fourth-order valence-electron chi connectivity index (χ4n) is 2.15. The van der Waals surface area contributed by atoms with Crippen LogP contribution in [0.1, 0.15) is 27.4 Å². The zero-order valence-corrected chi connectivity index (χ0v) is 9.60. The lowest BCUT2D eigenvalue weighted by atomic mass is 10.1. The van der Waals surface area contributed by atoms with Crippen LogP contribution in [-0.4, -0.2) is 12.2 Å². The lowest BCUT2D eigenvalue weighted by molar-refractivity contribution is -0.115. The van der Waals surface area contributed by atoms with E-state index in [1.54, 1.807) is 12.1 Å². The Morgan fingerprint density at radius 1 is 1.28 bits per heavy atom. The van der Waals surface area contributed by atoms with Gasteiger partial charge in [0.05, 0.1) is 6.42 Å². The third-order valence-electron chi connectivity index (χ3n) is 2.97. The van der Waals surface area contributed by atoms with E-state index in [0.29, 0.717) is 24.9 Å². The molecule has 4 heteroatoms. The summed E-state index contributed by atoms with van der Waals surface area (Å²) in [6, 6.07) is 9.30. The number of benzene rings is 1. The van der Waals surface area contributed by atoms with Crippen molar-refractivity contribution in [3.8, 4) is 0 Å². The number of carbonyl (C=O) groups is 2. The van der Waals surface area contributed by atoms with Gasteiger partial charge in [-0.25, -0.2) is 0 Å². The maximum absolute atomic E-state index is 11.2. The van der Waals surface area contributed by atoms with Crippen molar-refractivity contribution in [1.82, 2.24) is 0 Å². The van der Waals surface area contributed by atoms with E-state index in [1.807, 2.05) is 18.2 Å². The molecule has 0 fully saturated rings. The molecular formula is C14H11NO3. The molecule has 1 aliphatic heterocycles. The van der Waals surface area contributed by atoms with Crippen molar-refractivity contribution in [2.75, 3.05) is 5.32 Å². The van der Waals surface area contributed by atoms with Gasteiger partial charge in [0.15, 0.2) is 12.0 Å². The molecule has 2 heterocycles. The van der Waals surface area contributed by atoms with Gasteiger partial charge < -0.3 is 9.73 Å². The van der Waals surface area contributed by atoms with Crippen molar-refractivity contribution in [1.29, 1.82) is 0 Å². The third-order valence-corrected chi connectivity index (χ3v) is 2.97. The average molecular weight is 241 g/mol. The minimum absolute atomic E-state index is 0.0309. The highest BCUT2D eigenvalue weighted by atomic mass is 16.3. The zero-order valence-electron chi connectivity index (χ0n) is 9.60. The molecule has 1 N–H and O–H groups in total. The smallest absolute Gasteiger partial charge is 0.228 e. The van der Waals surface area contributed by atoms with E-state index in [1.165, 1.54) is 0 Å². The first-order valence-corrected chi connectivity index (χ1v) is 5.70. The molecule has 90 valence electrons. The molecule has 1 aliphatic rings. The summed E-state index contributed by atoms with van der Waals surface area (Å²) >= 11 is 0. The van der Waals surface area contributed by atoms with Crippen molar-refractivity contribution >= 4 is 17.9 Å². The molecule has 2 aromatic rings. The Labute approximate surface area is 104 Å². The molecule has 4 nitrogen and oxygen atoms in total. The summed E-state index contributed by atoms with van der Waals surface area (Å²) in [6.07, 6.45) is 1.74. The summed E-state index contributed by atoms with van der Waals surface area (Å²) in [5.41, 5.74) is 2.97. The van der Waals surface area contributed by atoms with Crippen LogP contribution in [-0.2, 0) is 17.6 Å². The van der Waals surface area contributed by atoms with E-state index in [0.717, 1.165) is 22.6 Å². The third kappa shape index (κ3) is 1.93. The Hall–Kier alpha value is -2.36. The van der Waals surface area contributed by atoms with Crippen molar-refractivity contribution in [2.45, 2.75) is 12.8 Å². The lowest BCUT2D eigenvalue weighted by Crippen LogP contribution is -2.03. The second-order valence-corrected chi connectivity index (χ2v) is 4.32. The first-order valence-electron chi connectivity index (χ1n) is 5.70. The van der Waals surface area contributed by atoms with Crippen LogP contribution in [0.15, 0.2) is 34.7 Å². The maximum atomic E-state index is 11.2. The number of hydrogen-bond donors (Lipinski definition) is 1. The zero-order chi connectivity index (χ0) is 12.5. The first-order chi connectivity index (χ1) is 8.74. The summed E-state index contributed by atoms with van der Waals surface area (Å²) in [5, 5.41) is 2.79. The standard InChI is InChI=1S/C14H11NO3/c16-8-12-3-2-11(18-12)6-9-1-4-13-10(5-9)7-14(17)15-13/h1-5,8H,6-7H2,(H,15,17). The predicted molar refractivity (Wildman–Crippen MR) is 65.7 cm³/mol. The Balaban J connectivity index is 1.83. The van der Waals surface area contributed by atoms with E-state index in [9.17, 15) is 9.59 Å². The number of rotatable bonds is 3. The van der Waals surface area contributed by atoms with Gasteiger partial charge in [-0.05, 0) is 29.3 Å². The quantitative estimate of drug-likeness (QED) is 0.838. The van der Waals surface area contributed by atoms with Gasteiger partial charge in [-0.2, -0.15) is 0 Å².